The van der Waals surface area contributed by atoms with Crippen LogP contribution in [-0.2, 0) is 9.47 Å². The summed E-state index contributed by atoms with van der Waals surface area (Å²) in [6.07, 6.45) is 13.6. The molecule has 224 valence electrons. The molecule has 0 aliphatic heterocycles. The molecule has 2 aromatic rings. The molecule has 0 saturated carbocycles. The van der Waals surface area contributed by atoms with E-state index in [-0.39, 0.29) is 30.1 Å². The van der Waals surface area contributed by atoms with Crippen LogP contribution in [0.5, 0.6) is 0 Å². The maximum absolute atomic E-state index is 12.4. The summed E-state index contributed by atoms with van der Waals surface area (Å²) < 4.78 is 10.7. The summed E-state index contributed by atoms with van der Waals surface area (Å²) in [4.78, 5) is 24.7. The Balaban J connectivity index is 0.000000552. The minimum absolute atomic E-state index is 0.109. The molecule has 10 heteroatoms. The number of rotatable bonds is 16. The van der Waals surface area contributed by atoms with Crippen molar-refractivity contribution >= 4 is 81.5 Å². The van der Waals surface area contributed by atoms with E-state index in [2.05, 4.69) is 13.8 Å². The summed E-state index contributed by atoms with van der Waals surface area (Å²) in [5.74, 6) is -0.888. The van der Waals surface area contributed by atoms with Crippen LogP contribution in [0.15, 0.2) is 24.3 Å². The van der Waals surface area contributed by atoms with Crippen molar-refractivity contribution in [1.82, 2.24) is 0 Å². The number of carbonyl (C=O) groups excluding carboxylic acids is 2. The molecule has 0 saturated heterocycles. The van der Waals surface area contributed by atoms with Crippen LogP contribution in [0, 0.1) is 0 Å². The Hall–Kier alpha value is -0.880. The highest BCUT2D eigenvalue weighted by Crippen LogP contribution is 2.46. The van der Waals surface area contributed by atoms with Gasteiger partial charge in [0.05, 0.1) is 54.5 Å². The Morgan fingerprint density at radius 2 is 0.775 bits per heavy atom. The Morgan fingerprint density at radius 3 is 1.07 bits per heavy atom. The first-order valence-electron chi connectivity index (χ1n) is 13.8. The Bertz CT molecular complexity index is 907. The van der Waals surface area contributed by atoms with Crippen LogP contribution in [0.4, 0.5) is 0 Å². The highest BCUT2D eigenvalue weighted by Gasteiger charge is 2.19. The molecule has 0 heterocycles. The summed E-state index contributed by atoms with van der Waals surface area (Å²) in [5.41, 5.74) is 0.586. The number of halogens is 6. The maximum Gasteiger partial charge on any atom is 0.339 e. The molecule has 0 unspecified atom stereocenters. The van der Waals surface area contributed by atoms with Gasteiger partial charge in [-0.3, -0.25) is 0 Å². The van der Waals surface area contributed by atoms with E-state index >= 15 is 0 Å². The van der Waals surface area contributed by atoms with Crippen LogP contribution in [-0.4, -0.2) is 25.2 Å². The van der Waals surface area contributed by atoms with Crippen LogP contribution >= 0.6 is 69.6 Å². The quantitative estimate of drug-likeness (QED) is 0.0769. The zero-order valence-corrected chi connectivity index (χ0v) is 27.6. The van der Waals surface area contributed by atoms with Crippen molar-refractivity contribution in [2.45, 2.75) is 90.9 Å². The Morgan fingerprint density at radius 1 is 0.500 bits per heavy atom. The largest absolute Gasteiger partial charge is 0.462 e. The van der Waals surface area contributed by atoms with E-state index in [1.807, 2.05) is 0 Å². The fraction of sp³-hybridized carbons (Fsp3) is 0.533. The van der Waals surface area contributed by atoms with Crippen LogP contribution in [0.25, 0.3) is 0 Å². The lowest BCUT2D eigenvalue weighted by molar-refractivity contribution is 0.0450. The van der Waals surface area contributed by atoms with Crippen molar-refractivity contribution in [3.8, 4) is 0 Å². The molecule has 0 aliphatic carbocycles. The smallest absolute Gasteiger partial charge is 0.339 e. The summed E-state index contributed by atoms with van der Waals surface area (Å²) in [5, 5.41) is 0.654. The maximum atomic E-state index is 12.4. The molecule has 0 radical (unpaired) electrons. The minimum atomic E-state index is -0.444. The lowest BCUT2D eigenvalue weighted by Crippen LogP contribution is -2.15. The number of unbranched alkanes of at least 4 members (excludes halogenated alkanes) is 10. The van der Waals surface area contributed by atoms with Crippen LogP contribution in [0.2, 0.25) is 30.1 Å². The number of ether oxygens (including phenoxy) is 2. The average molecular weight is 675 g/mol. The van der Waals surface area contributed by atoms with E-state index in [1.54, 1.807) is 24.3 Å². The highest BCUT2D eigenvalue weighted by atomic mass is 35.5. The molecule has 0 amide bonds. The molecule has 40 heavy (non-hydrogen) atoms. The lowest BCUT2D eigenvalue weighted by Gasteiger charge is -2.10. The molecule has 0 spiro atoms. The van der Waals surface area contributed by atoms with Crippen LogP contribution in [0.1, 0.15) is 112 Å². The van der Waals surface area contributed by atoms with E-state index < -0.39 is 11.9 Å². The molecule has 0 fully saturated rings. The van der Waals surface area contributed by atoms with E-state index in [0.717, 1.165) is 25.7 Å². The normalized spacial score (nSPS) is 10.6. The summed E-state index contributed by atoms with van der Waals surface area (Å²) in [6, 6.07) is 6.74. The second kappa shape index (κ2) is 21.8. The van der Waals surface area contributed by atoms with Crippen molar-refractivity contribution in [3.63, 3.8) is 0 Å². The standard InChI is InChI=1S/C24H38O4.C6Cl6/c1-3-5-7-9-11-15-19-27-23(25)21-17-13-14-18-22(21)24(26)28-20-16-12-10-8-6-4-2;7-1-2(8)4(10)6(12)5(11)3(1)9/h13-14,17-18H,3-12,15-16,19-20H2,1-2H3;. The number of hydrogen-bond donors (Lipinski definition) is 0. The van der Waals surface area contributed by atoms with Gasteiger partial charge in [0.15, 0.2) is 0 Å². The fourth-order valence-electron chi connectivity index (χ4n) is 3.67. The van der Waals surface area contributed by atoms with Gasteiger partial charge in [0.2, 0.25) is 0 Å². The van der Waals surface area contributed by atoms with Gasteiger partial charge in [-0.05, 0) is 25.0 Å². The van der Waals surface area contributed by atoms with Gasteiger partial charge in [-0.25, -0.2) is 9.59 Å². The zero-order chi connectivity index (χ0) is 29.9. The van der Waals surface area contributed by atoms with Gasteiger partial charge in [-0.2, -0.15) is 0 Å². The van der Waals surface area contributed by atoms with Gasteiger partial charge >= 0.3 is 11.9 Å². The van der Waals surface area contributed by atoms with Crippen LogP contribution in [0.3, 0.4) is 0 Å². The van der Waals surface area contributed by atoms with Gasteiger partial charge in [-0.15, -0.1) is 0 Å². The third-order valence-corrected chi connectivity index (χ3v) is 8.83. The average Bonchev–Trinajstić information content (AvgIpc) is 2.97. The third-order valence-electron chi connectivity index (χ3n) is 5.99. The molecule has 0 N–H and O–H groups in total. The van der Waals surface area contributed by atoms with Crippen LogP contribution < -0.4 is 0 Å². The molecule has 4 nitrogen and oxygen atoms in total. The second-order valence-corrected chi connectivity index (χ2v) is 11.5. The Labute approximate surface area is 268 Å². The van der Waals surface area contributed by atoms with E-state index in [0.29, 0.717) is 24.3 Å². The van der Waals surface area contributed by atoms with Gasteiger partial charge in [-0.1, -0.05) is 160 Å². The topological polar surface area (TPSA) is 52.6 Å². The number of carbonyl (C=O) groups is 2. The number of esters is 2. The SMILES string of the molecule is CCCCCCCCOC(=O)c1ccccc1C(=O)OCCCCCCCC.Clc1c(Cl)c(Cl)c(Cl)c(Cl)c1Cl. The van der Waals surface area contributed by atoms with Gasteiger partial charge in [0, 0.05) is 0 Å². The van der Waals surface area contributed by atoms with Crippen molar-refractivity contribution in [2.75, 3.05) is 13.2 Å². The predicted molar refractivity (Wildman–Crippen MR) is 170 cm³/mol. The summed E-state index contributed by atoms with van der Waals surface area (Å²) >= 11 is 34.0. The lowest BCUT2D eigenvalue weighted by atomic mass is 10.1. The van der Waals surface area contributed by atoms with Crippen molar-refractivity contribution in [2.24, 2.45) is 0 Å². The van der Waals surface area contributed by atoms with E-state index in [9.17, 15) is 9.59 Å². The first-order valence-corrected chi connectivity index (χ1v) is 16.0. The predicted octanol–water partition coefficient (Wildman–Crippen LogP) is 12.3. The molecule has 2 rings (SSSR count). The molecular weight excluding hydrogens is 637 g/mol. The molecule has 0 atom stereocenters. The van der Waals surface area contributed by atoms with Crippen molar-refractivity contribution in [1.29, 1.82) is 0 Å². The zero-order valence-electron chi connectivity index (χ0n) is 23.1. The van der Waals surface area contributed by atoms with E-state index in [1.165, 1.54) is 51.4 Å². The molecule has 0 aromatic heterocycles. The fourth-order valence-corrected chi connectivity index (χ4v) is 5.09. The monoisotopic (exact) mass is 672 g/mol. The van der Waals surface area contributed by atoms with Crippen molar-refractivity contribution < 1.29 is 19.1 Å². The van der Waals surface area contributed by atoms with Crippen molar-refractivity contribution in [3.05, 3.63) is 65.5 Å². The molecular formula is C30H38Cl6O4. The first kappa shape index (κ1) is 37.1. The molecule has 0 aliphatic rings. The Kier molecular flexibility index (Phi) is 20.2. The summed E-state index contributed by atoms with van der Waals surface area (Å²) in [6.45, 7) is 5.17. The second-order valence-electron chi connectivity index (χ2n) is 9.24. The highest BCUT2D eigenvalue weighted by molar-refractivity contribution is 6.59. The number of benzene rings is 2. The van der Waals surface area contributed by atoms with E-state index in [4.69, 9.17) is 79.1 Å². The minimum Gasteiger partial charge on any atom is -0.462 e. The molecule has 0 bridgehead atoms. The summed E-state index contributed by atoms with van der Waals surface area (Å²) in [7, 11) is 0. The third kappa shape index (κ3) is 13.4. The van der Waals surface area contributed by atoms with Gasteiger partial charge in [0.25, 0.3) is 0 Å². The first-order chi connectivity index (χ1) is 19.2. The van der Waals surface area contributed by atoms with Gasteiger partial charge < -0.3 is 9.47 Å². The number of hydrogen-bond acceptors (Lipinski definition) is 4. The van der Waals surface area contributed by atoms with Gasteiger partial charge in [0.1, 0.15) is 0 Å². The molecule has 2 aromatic carbocycles.